The molecule has 1 unspecified atom stereocenters. The Morgan fingerprint density at radius 1 is 1.38 bits per heavy atom. The van der Waals surface area contributed by atoms with E-state index in [0.717, 1.165) is 0 Å². The molecule has 4 nitrogen and oxygen atoms in total. The van der Waals surface area contributed by atoms with Crippen LogP contribution in [0.25, 0.3) is 0 Å². The van der Waals surface area contributed by atoms with E-state index in [1.165, 1.54) is 14.0 Å². The molecule has 0 saturated heterocycles. The van der Waals surface area contributed by atoms with Gasteiger partial charge in [-0.1, -0.05) is 24.3 Å². The Morgan fingerprint density at radius 2 is 2.00 bits per heavy atom. The van der Waals surface area contributed by atoms with Crippen molar-refractivity contribution in [2.75, 3.05) is 7.11 Å². The third kappa shape index (κ3) is 2.46. The van der Waals surface area contributed by atoms with E-state index in [0.29, 0.717) is 11.1 Å². The highest BCUT2D eigenvalue weighted by atomic mass is 16.5. The number of benzene rings is 1. The standard InChI is InChI=1S/C12H14O4/c1-8(12(15)16-2)11(14)10-6-4-3-5-9(10)7-13/h3-6,8,13H,7H2,1-2H3. The number of carbonyl (C=O) groups excluding carboxylic acids is 2. The van der Waals surface area contributed by atoms with Gasteiger partial charge in [0.05, 0.1) is 13.7 Å². The summed E-state index contributed by atoms with van der Waals surface area (Å²) in [5, 5.41) is 9.08. The maximum Gasteiger partial charge on any atom is 0.316 e. The highest BCUT2D eigenvalue weighted by molar-refractivity contribution is 6.09. The van der Waals surface area contributed by atoms with E-state index >= 15 is 0 Å². The maximum atomic E-state index is 11.9. The van der Waals surface area contributed by atoms with E-state index in [2.05, 4.69) is 4.74 Å². The fraction of sp³-hybridized carbons (Fsp3) is 0.333. The molecule has 0 aliphatic carbocycles. The van der Waals surface area contributed by atoms with Crippen LogP contribution >= 0.6 is 0 Å². The quantitative estimate of drug-likeness (QED) is 0.472. The largest absolute Gasteiger partial charge is 0.468 e. The number of Topliss-reactive ketones (excluding diaryl/α,β-unsaturated/α-hetero) is 1. The van der Waals surface area contributed by atoms with Crippen LogP contribution in [0.15, 0.2) is 24.3 Å². The Hall–Kier alpha value is -1.68. The molecule has 0 heterocycles. The topological polar surface area (TPSA) is 63.6 Å². The molecule has 0 radical (unpaired) electrons. The number of hydrogen-bond donors (Lipinski definition) is 1. The first-order chi connectivity index (χ1) is 7.61. The molecule has 0 amide bonds. The van der Waals surface area contributed by atoms with E-state index in [-0.39, 0.29) is 12.4 Å². The smallest absolute Gasteiger partial charge is 0.316 e. The molecule has 0 aliphatic heterocycles. The van der Waals surface area contributed by atoms with Crippen molar-refractivity contribution in [3.05, 3.63) is 35.4 Å². The van der Waals surface area contributed by atoms with Gasteiger partial charge in [0.25, 0.3) is 0 Å². The molecule has 0 spiro atoms. The molecule has 0 aliphatic rings. The predicted molar refractivity (Wildman–Crippen MR) is 57.9 cm³/mol. The minimum atomic E-state index is -0.849. The summed E-state index contributed by atoms with van der Waals surface area (Å²) in [5.41, 5.74) is 0.881. The minimum absolute atomic E-state index is 0.226. The Bertz CT molecular complexity index is 398. The lowest BCUT2D eigenvalue weighted by Crippen LogP contribution is -2.23. The zero-order valence-corrected chi connectivity index (χ0v) is 9.27. The Morgan fingerprint density at radius 3 is 2.56 bits per heavy atom. The van der Waals surface area contributed by atoms with Gasteiger partial charge in [0.1, 0.15) is 5.92 Å². The summed E-state index contributed by atoms with van der Waals surface area (Å²) in [6, 6.07) is 6.66. The van der Waals surface area contributed by atoms with Crippen LogP contribution in [0.3, 0.4) is 0 Å². The first kappa shape index (κ1) is 12.4. The Balaban J connectivity index is 3.00. The second-order valence-corrected chi connectivity index (χ2v) is 3.42. The first-order valence-corrected chi connectivity index (χ1v) is 4.92. The van der Waals surface area contributed by atoms with E-state index < -0.39 is 11.9 Å². The van der Waals surface area contributed by atoms with Crippen molar-refractivity contribution in [2.45, 2.75) is 13.5 Å². The number of hydrogen-bond acceptors (Lipinski definition) is 4. The normalized spacial score (nSPS) is 11.9. The SMILES string of the molecule is COC(=O)C(C)C(=O)c1ccccc1CO. The third-order valence-corrected chi connectivity index (χ3v) is 2.40. The average Bonchev–Trinajstić information content (AvgIpc) is 2.35. The number of rotatable bonds is 4. The number of ether oxygens (including phenoxy) is 1. The number of methoxy groups -OCH3 is 1. The molecule has 0 aromatic heterocycles. The molecular formula is C12H14O4. The molecule has 1 N–H and O–H groups in total. The molecule has 1 atom stereocenters. The van der Waals surface area contributed by atoms with Gasteiger partial charge in [0.15, 0.2) is 5.78 Å². The third-order valence-electron chi connectivity index (χ3n) is 2.40. The predicted octanol–water partition coefficient (Wildman–Crippen LogP) is 1.17. The van der Waals surface area contributed by atoms with Crippen molar-refractivity contribution in [1.82, 2.24) is 0 Å². The van der Waals surface area contributed by atoms with E-state index in [9.17, 15) is 9.59 Å². The Kier molecular flexibility index (Phi) is 4.19. The van der Waals surface area contributed by atoms with Crippen LogP contribution in [-0.2, 0) is 16.1 Å². The molecular weight excluding hydrogens is 208 g/mol. The minimum Gasteiger partial charge on any atom is -0.468 e. The van der Waals surface area contributed by atoms with E-state index in [1.54, 1.807) is 24.3 Å². The summed E-state index contributed by atoms with van der Waals surface area (Å²) < 4.78 is 4.51. The molecule has 16 heavy (non-hydrogen) atoms. The second kappa shape index (κ2) is 5.42. The Labute approximate surface area is 93.9 Å². The summed E-state index contributed by atoms with van der Waals surface area (Å²) in [6.07, 6.45) is 0. The molecule has 0 saturated carbocycles. The maximum absolute atomic E-state index is 11.9. The number of aliphatic hydroxyl groups is 1. The van der Waals surface area contributed by atoms with Gasteiger partial charge in [0.2, 0.25) is 0 Å². The van der Waals surface area contributed by atoms with Gasteiger partial charge in [-0.25, -0.2) is 0 Å². The van der Waals surface area contributed by atoms with Crippen LogP contribution in [0.4, 0.5) is 0 Å². The zero-order chi connectivity index (χ0) is 12.1. The molecule has 1 aromatic carbocycles. The summed E-state index contributed by atoms with van der Waals surface area (Å²) >= 11 is 0. The van der Waals surface area contributed by atoms with Gasteiger partial charge >= 0.3 is 5.97 Å². The number of esters is 1. The van der Waals surface area contributed by atoms with Crippen LogP contribution in [0.2, 0.25) is 0 Å². The van der Waals surface area contributed by atoms with E-state index in [1.807, 2.05) is 0 Å². The number of carbonyl (C=O) groups is 2. The fourth-order valence-corrected chi connectivity index (χ4v) is 1.42. The van der Waals surface area contributed by atoms with Crippen LogP contribution in [0.5, 0.6) is 0 Å². The number of aliphatic hydroxyl groups excluding tert-OH is 1. The zero-order valence-electron chi connectivity index (χ0n) is 9.27. The summed E-state index contributed by atoms with van der Waals surface area (Å²) in [4.78, 5) is 23.1. The van der Waals surface area contributed by atoms with Crippen LogP contribution in [-0.4, -0.2) is 24.0 Å². The van der Waals surface area contributed by atoms with Crippen molar-refractivity contribution < 1.29 is 19.4 Å². The van der Waals surface area contributed by atoms with Crippen molar-refractivity contribution in [3.8, 4) is 0 Å². The van der Waals surface area contributed by atoms with Crippen molar-refractivity contribution in [3.63, 3.8) is 0 Å². The van der Waals surface area contributed by atoms with Crippen LogP contribution < -0.4 is 0 Å². The van der Waals surface area contributed by atoms with Crippen molar-refractivity contribution in [1.29, 1.82) is 0 Å². The molecule has 0 fully saturated rings. The van der Waals surface area contributed by atoms with Crippen LogP contribution in [0.1, 0.15) is 22.8 Å². The summed E-state index contributed by atoms with van der Waals surface area (Å²) in [7, 11) is 1.24. The van der Waals surface area contributed by atoms with Crippen molar-refractivity contribution >= 4 is 11.8 Å². The van der Waals surface area contributed by atoms with Gasteiger partial charge in [-0.15, -0.1) is 0 Å². The molecule has 4 heteroatoms. The lowest BCUT2D eigenvalue weighted by molar-refractivity contribution is -0.143. The van der Waals surface area contributed by atoms with Gasteiger partial charge < -0.3 is 9.84 Å². The van der Waals surface area contributed by atoms with Gasteiger partial charge in [0, 0.05) is 5.56 Å². The highest BCUT2D eigenvalue weighted by Crippen LogP contribution is 2.15. The fourth-order valence-electron chi connectivity index (χ4n) is 1.42. The second-order valence-electron chi connectivity index (χ2n) is 3.42. The summed E-state index contributed by atoms with van der Waals surface area (Å²) in [5.74, 6) is -1.76. The molecule has 86 valence electrons. The van der Waals surface area contributed by atoms with Crippen LogP contribution in [0, 0.1) is 5.92 Å². The van der Waals surface area contributed by atoms with Gasteiger partial charge in [-0.05, 0) is 12.5 Å². The van der Waals surface area contributed by atoms with Gasteiger partial charge in [-0.2, -0.15) is 0 Å². The summed E-state index contributed by atoms with van der Waals surface area (Å²) in [6.45, 7) is 1.26. The molecule has 0 bridgehead atoms. The highest BCUT2D eigenvalue weighted by Gasteiger charge is 2.24. The van der Waals surface area contributed by atoms with Crippen molar-refractivity contribution in [2.24, 2.45) is 5.92 Å². The number of ketones is 1. The molecule has 1 rings (SSSR count). The van der Waals surface area contributed by atoms with E-state index in [4.69, 9.17) is 5.11 Å². The van der Waals surface area contributed by atoms with Gasteiger partial charge in [-0.3, -0.25) is 9.59 Å². The monoisotopic (exact) mass is 222 g/mol. The molecule has 1 aromatic rings. The first-order valence-electron chi connectivity index (χ1n) is 4.92. The lowest BCUT2D eigenvalue weighted by Gasteiger charge is -2.10. The lowest BCUT2D eigenvalue weighted by atomic mass is 9.95. The average molecular weight is 222 g/mol.